The predicted molar refractivity (Wildman–Crippen MR) is 94.8 cm³/mol. The van der Waals surface area contributed by atoms with E-state index in [1.807, 2.05) is 18.2 Å². The summed E-state index contributed by atoms with van der Waals surface area (Å²) in [7, 11) is 0. The van der Waals surface area contributed by atoms with E-state index in [0.717, 1.165) is 6.42 Å². The molecule has 0 saturated carbocycles. The summed E-state index contributed by atoms with van der Waals surface area (Å²) in [5.74, 6) is 0.340. The van der Waals surface area contributed by atoms with Crippen molar-refractivity contribution in [3.8, 4) is 5.75 Å². The van der Waals surface area contributed by atoms with E-state index < -0.39 is 0 Å². The summed E-state index contributed by atoms with van der Waals surface area (Å²) >= 11 is 0. The van der Waals surface area contributed by atoms with Gasteiger partial charge in [-0.2, -0.15) is 0 Å². The minimum absolute atomic E-state index is 0.327. The first-order valence-corrected chi connectivity index (χ1v) is 7.95. The van der Waals surface area contributed by atoms with Gasteiger partial charge in [-0.3, -0.25) is 4.98 Å². The molecule has 0 aliphatic carbocycles. The fraction of sp³-hybridized carbons (Fsp3) is 0.0952. The lowest BCUT2D eigenvalue weighted by atomic mass is 10.0. The number of halogens is 1. The van der Waals surface area contributed by atoms with Gasteiger partial charge in [0.25, 0.3) is 0 Å². The van der Waals surface area contributed by atoms with Gasteiger partial charge >= 0.3 is 0 Å². The van der Waals surface area contributed by atoms with Gasteiger partial charge in [0.2, 0.25) is 0 Å². The highest BCUT2D eigenvalue weighted by molar-refractivity contribution is 5.86. The third kappa shape index (κ3) is 2.69. The molecule has 4 aromatic rings. The maximum atomic E-state index is 13.8. The summed E-state index contributed by atoms with van der Waals surface area (Å²) in [4.78, 5) is 4.09. The Morgan fingerprint density at radius 3 is 2.58 bits per heavy atom. The Bertz CT molecular complexity index is 1010. The molecular weight excluding hydrogens is 301 g/mol. The Balaban J connectivity index is 1.57. The molecule has 0 fully saturated rings. The molecule has 3 heteroatoms. The average Bonchev–Trinajstić information content (AvgIpc) is 2.63. The van der Waals surface area contributed by atoms with Crippen molar-refractivity contribution in [2.24, 2.45) is 0 Å². The molecule has 0 aliphatic rings. The first kappa shape index (κ1) is 14.6. The zero-order valence-corrected chi connectivity index (χ0v) is 13.1. The summed E-state index contributed by atoms with van der Waals surface area (Å²) in [5, 5.41) is 3.18. The van der Waals surface area contributed by atoms with Crippen LogP contribution in [-0.2, 0) is 6.42 Å². The molecule has 0 amide bonds. The molecule has 0 N–H and O–H groups in total. The SMILES string of the molecule is Fc1cccc2c(OCCc3cccc4ccccc34)ccnc12. The average molecular weight is 317 g/mol. The van der Waals surface area contributed by atoms with Crippen molar-refractivity contribution in [3.63, 3.8) is 0 Å². The number of aromatic nitrogens is 1. The lowest BCUT2D eigenvalue weighted by molar-refractivity contribution is 0.326. The third-order valence-electron chi connectivity index (χ3n) is 4.19. The van der Waals surface area contributed by atoms with Crippen molar-refractivity contribution >= 4 is 21.7 Å². The van der Waals surface area contributed by atoms with Crippen molar-refractivity contribution in [3.05, 3.63) is 84.3 Å². The van der Waals surface area contributed by atoms with Crippen LogP contribution in [0.25, 0.3) is 21.7 Å². The van der Waals surface area contributed by atoms with Crippen LogP contribution in [0.5, 0.6) is 5.75 Å². The van der Waals surface area contributed by atoms with Crippen LogP contribution < -0.4 is 4.74 Å². The zero-order valence-electron chi connectivity index (χ0n) is 13.1. The Kier molecular flexibility index (Phi) is 3.83. The molecule has 0 bridgehead atoms. The monoisotopic (exact) mass is 317 g/mol. The topological polar surface area (TPSA) is 22.1 Å². The van der Waals surface area contributed by atoms with E-state index in [0.29, 0.717) is 23.3 Å². The summed E-state index contributed by atoms with van der Waals surface area (Å²) in [6, 6.07) is 21.3. The number of fused-ring (bicyclic) bond motifs is 2. The van der Waals surface area contributed by atoms with Crippen LogP contribution in [0.1, 0.15) is 5.56 Å². The smallest absolute Gasteiger partial charge is 0.149 e. The minimum atomic E-state index is -0.327. The van der Waals surface area contributed by atoms with Crippen molar-refractivity contribution in [2.75, 3.05) is 6.61 Å². The summed E-state index contributed by atoms with van der Waals surface area (Å²) in [6.45, 7) is 0.531. The number of pyridine rings is 1. The van der Waals surface area contributed by atoms with Gasteiger partial charge in [0.1, 0.15) is 17.1 Å². The Labute approximate surface area is 139 Å². The number of hydrogen-bond donors (Lipinski definition) is 0. The van der Waals surface area contributed by atoms with E-state index in [1.165, 1.54) is 22.4 Å². The van der Waals surface area contributed by atoms with E-state index in [-0.39, 0.29) is 5.82 Å². The van der Waals surface area contributed by atoms with Gasteiger partial charge in [-0.05, 0) is 34.5 Å². The van der Waals surface area contributed by atoms with Gasteiger partial charge in [0.05, 0.1) is 6.61 Å². The fourth-order valence-corrected chi connectivity index (χ4v) is 3.02. The highest BCUT2D eigenvalue weighted by Crippen LogP contribution is 2.26. The number of para-hydroxylation sites is 1. The second-order valence-corrected chi connectivity index (χ2v) is 5.68. The number of benzene rings is 3. The van der Waals surface area contributed by atoms with Gasteiger partial charge in [-0.1, -0.05) is 48.5 Å². The molecule has 0 unspecified atom stereocenters. The highest BCUT2D eigenvalue weighted by Gasteiger charge is 2.07. The first-order chi connectivity index (χ1) is 11.8. The van der Waals surface area contributed by atoms with E-state index >= 15 is 0 Å². The first-order valence-electron chi connectivity index (χ1n) is 7.95. The molecule has 0 radical (unpaired) electrons. The number of rotatable bonds is 4. The molecule has 4 rings (SSSR count). The second kappa shape index (κ2) is 6.28. The lowest BCUT2D eigenvalue weighted by Crippen LogP contribution is -2.02. The maximum Gasteiger partial charge on any atom is 0.149 e. The van der Waals surface area contributed by atoms with E-state index in [4.69, 9.17) is 4.74 Å². The molecule has 118 valence electrons. The molecule has 1 aromatic heterocycles. The molecule has 0 saturated heterocycles. The van der Waals surface area contributed by atoms with Gasteiger partial charge in [-0.25, -0.2) is 4.39 Å². The van der Waals surface area contributed by atoms with Crippen LogP contribution in [0.3, 0.4) is 0 Å². The predicted octanol–water partition coefficient (Wildman–Crippen LogP) is 5.15. The standard InChI is InChI=1S/C21H16FNO/c22-19-10-4-9-18-20(11-13-23-21(18)19)24-14-12-16-7-3-6-15-5-1-2-8-17(15)16/h1-11,13H,12,14H2. The quantitative estimate of drug-likeness (QED) is 0.519. The van der Waals surface area contributed by atoms with Crippen molar-refractivity contribution in [2.45, 2.75) is 6.42 Å². The van der Waals surface area contributed by atoms with Crippen LogP contribution in [0.15, 0.2) is 72.9 Å². The van der Waals surface area contributed by atoms with Crippen LogP contribution in [-0.4, -0.2) is 11.6 Å². The molecule has 0 atom stereocenters. The van der Waals surface area contributed by atoms with Crippen LogP contribution >= 0.6 is 0 Å². The van der Waals surface area contributed by atoms with Gasteiger partial charge < -0.3 is 4.74 Å². The Morgan fingerprint density at radius 1 is 0.833 bits per heavy atom. The Morgan fingerprint density at radius 2 is 1.62 bits per heavy atom. The van der Waals surface area contributed by atoms with Gasteiger partial charge in [0, 0.05) is 18.0 Å². The molecule has 3 aromatic carbocycles. The van der Waals surface area contributed by atoms with Crippen molar-refractivity contribution < 1.29 is 9.13 Å². The van der Waals surface area contributed by atoms with Crippen LogP contribution in [0, 0.1) is 5.82 Å². The normalized spacial score (nSPS) is 11.0. The molecule has 0 aliphatic heterocycles. The zero-order chi connectivity index (χ0) is 16.4. The highest BCUT2D eigenvalue weighted by atomic mass is 19.1. The summed E-state index contributed by atoms with van der Waals surface area (Å²) < 4.78 is 19.7. The molecule has 2 nitrogen and oxygen atoms in total. The van der Waals surface area contributed by atoms with Crippen LogP contribution in [0.2, 0.25) is 0 Å². The summed E-state index contributed by atoms with van der Waals surface area (Å²) in [6.07, 6.45) is 2.37. The van der Waals surface area contributed by atoms with E-state index in [1.54, 1.807) is 18.3 Å². The largest absolute Gasteiger partial charge is 0.492 e. The lowest BCUT2D eigenvalue weighted by Gasteiger charge is -2.10. The van der Waals surface area contributed by atoms with Crippen molar-refractivity contribution in [1.29, 1.82) is 0 Å². The van der Waals surface area contributed by atoms with Crippen LogP contribution in [0.4, 0.5) is 4.39 Å². The second-order valence-electron chi connectivity index (χ2n) is 5.68. The minimum Gasteiger partial charge on any atom is -0.492 e. The molecule has 0 spiro atoms. The van der Waals surface area contributed by atoms with Gasteiger partial charge in [0.15, 0.2) is 0 Å². The fourth-order valence-electron chi connectivity index (χ4n) is 3.02. The number of ether oxygens (including phenoxy) is 1. The van der Waals surface area contributed by atoms with Crippen molar-refractivity contribution in [1.82, 2.24) is 4.98 Å². The number of nitrogens with zero attached hydrogens (tertiary/aromatic N) is 1. The Hall–Kier alpha value is -2.94. The van der Waals surface area contributed by atoms with E-state index in [2.05, 4.69) is 35.3 Å². The molecule has 1 heterocycles. The third-order valence-corrected chi connectivity index (χ3v) is 4.19. The molecule has 24 heavy (non-hydrogen) atoms. The summed E-state index contributed by atoms with van der Waals surface area (Å²) in [5.41, 5.74) is 1.60. The maximum absolute atomic E-state index is 13.8. The number of hydrogen-bond acceptors (Lipinski definition) is 2. The van der Waals surface area contributed by atoms with Gasteiger partial charge in [-0.15, -0.1) is 0 Å². The molecular formula is C21H16FNO. The van der Waals surface area contributed by atoms with E-state index in [9.17, 15) is 4.39 Å².